The number of aromatic nitrogens is 3. The van der Waals surface area contributed by atoms with Crippen LogP contribution in [0.5, 0.6) is 0 Å². The van der Waals surface area contributed by atoms with Gasteiger partial charge in [-0.05, 0) is 32.6 Å². The molecule has 2 fully saturated rings. The Bertz CT molecular complexity index is 636. The molecule has 138 valence electrons. The first-order chi connectivity index (χ1) is 11.9. The van der Waals surface area contributed by atoms with E-state index in [2.05, 4.69) is 29.5 Å². The first-order valence-corrected chi connectivity index (χ1v) is 8.90. The number of carbonyl (C=O) groups is 2. The molecule has 0 radical (unpaired) electrons. The van der Waals surface area contributed by atoms with Crippen LogP contribution in [0.15, 0.2) is 6.20 Å². The molecule has 8 nitrogen and oxygen atoms in total. The predicted octanol–water partition coefficient (Wildman–Crippen LogP) is 0.599. The SMILES string of the molecule is Cn1nncc1C(=O)N1CCC(CNC(=O)CC2CCOC2)C1(C)C. The molecule has 2 amide bonds. The Morgan fingerprint density at radius 1 is 1.40 bits per heavy atom. The fourth-order valence-electron chi connectivity index (χ4n) is 3.80. The Morgan fingerprint density at radius 3 is 2.84 bits per heavy atom. The van der Waals surface area contributed by atoms with Crippen LogP contribution in [0.25, 0.3) is 0 Å². The zero-order chi connectivity index (χ0) is 18.0. The van der Waals surface area contributed by atoms with Gasteiger partial charge >= 0.3 is 0 Å². The van der Waals surface area contributed by atoms with E-state index in [1.165, 1.54) is 10.9 Å². The molecule has 25 heavy (non-hydrogen) atoms. The summed E-state index contributed by atoms with van der Waals surface area (Å²) in [4.78, 5) is 26.8. The van der Waals surface area contributed by atoms with E-state index >= 15 is 0 Å². The second-order valence-corrected chi connectivity index (χ2v) is 7.58. The minimum absolute atomic E-state index is 0.0607. The van der Waals surface area contributed by atoms with Crippen molar-refractivity contribution >= 4 is 11.8 Å². The third-order valence-corrected chi connectivity index (χ3v) is 5.62. The summed E-state index contributed by atoms with van der Waals surface area (Å²) in [6.45, 7) is 6.82. The highest BCUT2D eigenvalue weighted by molar-refractivity contribution is 5.93. The maximum Gasteiger partial charge on any atom is 0.274 e. The average molecular weight is 349 g/mol. The lowest BCUT2D eigenvalue weighted by atomic mass is 9.88. The molecule has 2 atom stereocenters. The topological polar surface area (TPSA) is 89.4 Å². The van der Waals surface area contributed by atoms with Crippen molar-refractivity contribution in [3.63, 3.8) is 0 Å². The van der Waals surface area contributed by atoms with Crippen LogP contribution >= 0.6 is 0 Å². The summed E-state index contributed by atoms with van der Waals surface area (Å²) >= 11 is 0. The fourth-order valence-corrected chi connectivity index (χ4v) is 3.80. The number of likely N-dealkylation sites (tertiary alicyclic amines) is 1. The van der Waals surface area contributed by atoms with Gasteiger partial charge in [-0.25, -0.2) is 4.68 Å². The maximum atomic E-state index is 12.8. The van der Waals surface area contributed by atoms with Gasteiger partial charge in [0.15, 0.2) is 0 Å². The smallest absolute Gasteiger partial charge is 0.274 e. The van der Waals surface area contributed by atoms with Crippen LogP contribution in [-0.2, 0) is 16.6 Å². The van der Waals surface area contributed by atoms with Gasteiger partial charge in [0.05, 0.1) is 6.20 Å². The molecule has 0 bridgehead atoms. The molecule has 3 rings (SSSR count). The monoisotopic (exact) mass is 349 g/mol. The van der Waals surface area contributed by atoms with E-state index in [9.17, 15) is 9.59 Å². The summed E-state index contributed by atoms with van der Waals surface area (Å²) in [6.07, 6.45) is 3.86. The number of carbonyl (C=O) groups excluding carboxylic acids is 2. The van der Waals surface area contributed by atoms with Crippen molar-refractivity contribution < 1.29 is 14.3 Å². The van der Waals surface area contributed by atoms with E-state index in [1.807, 2.05) is 4.90 Å². The molecule has 1 N–H and O–H groups in total. The lowest BCUT2D eigenvalue weighted by molar-refractivity contribution is -0.122. The molecule has 3 heterocycles. The summed E-state index contributed by atoms with van der Waals surface area (Å²) in [5.41, 5.74) is 0.157. The van der Waals surface area contributed by atoms with Gasteiger partial charge in [0.25, 0.3) is 5.91 Å². The number of ether oxygens (including phenoxy) is 1. The maximum absolute atomic E-state index is 12.8. The van der Waals surface area contributed by atoms with Crippen LogP contribution in [0, 0.1) is 11.8 Å². The molecule has 0 spiro atoms. The Labute approximate surface area is 147 Å². The molecule has 2 saturated heterocycles. The predicted molar refractivity (Wildman–Crippen MR) is 90.8 cm³/mol. The minimum Gasteiger partial charge on any atom is -0.381 e. The van der Waals surface area contributed by atoms with Gasteiger partial charge in [0.1, 0.15) is 5.69 Å². The van der Waals surface area contributed by atoms with Crippen LogP contribution in [0.1, 0.15) is 43.6 Å². The molecule has 2 unspecified atom stereocenters. The van der Waals surface area contributed by atoms with Gasteiger partial charge in [0, 0.05) is 51.2 Å². The Hall–Kier alpha value is -1.96. The Morgan fingerprint density at radius 2 is 2.20 bits per heavy atom. The second kappa shape index (κ2) is 7.11. The number of aryl methyl sites for hydroxylation is 1. The van der Waals surface area contributed by atoms with E-state index in [4.69, 9.17) is 4.74 Å². The van der Waals surface area contributed by atoms with E-state index in [0.717, 1.165) is 19.4 Å². The van der Waals surface area contributed by atoms with Crippen molar-refractivity contribution in [1.29, 1.82) is 0 Å². The normalized spacial score (nSPS) is 25.3. The van der Waals surface area contributed by atoms with E-state index in [1.54, 1.807) is 7.05 Å². The largest absolute Gasteiger partial charge is 0.381 e. The van der Waals surface area contributed by atoms with E-state index < -0.39 is 0 Å². The Balaban J connectivity index is 1.56. The zero-order valence-electron chi connectivity index (χ0n) is 15.2. The first kappa shape index (κ1) is 17.8. The minimum atomic E-state index is -0.328. The van der Waals surface area contributed by atoms with Gasteiger partial charge in [-0.3, -0.25) is 9.59 Å². The average Bonchev–Trinajstić information content (AvgIpc) is 3.26. The van der Waals surface area contributed by atoms with Crippen molar-refractivity contribution in [3.8, 4) is 0 Å². The molecule has 1 aromatic heterocycles. The molecule has 0 aromatic carbocycles. The third kappa shape index (κ3) is 3.68. The van der Waals surface area contributed by atoms with Crippen molar-refractivity contribution in [2.24, 2.45) is 18.9 Å². The zero-order valence-corrected chi connectivity index (χ0v) is 15.2. The highest BCUT2D eigenvalue weighted by Crippen LogP contribution is 2.35. The number of nitrogens with zero attached hydrogens (tertiary/aromatic N) is 4. The van der Waals surface area contributed by atoms with Gasteiger partial charge in [0.2, 0.25) is 5.91 Å². The van der Waals surface area contributed by atoms with Crippen LogP contribution in [0.4, 0.5) is 0 Å². The molecule has 8 heteroatoms. The number of hydrogen-bond acceptors (Lipinski definition) is 5. The van der Waals surface area contributed by atoms with Crippen molar-refractivity contribution in [2.45, 2.75) is 38.6 Å². The van der Waals surface area contributed by atoms with Crippen molar-refractivity contribution in [2.75, 3.05) is 26.3 Å². The molecular weight excluding hydrogens is 322 g/mol. The number of rotatable bonds is 5. The lowest BCUT2D eigenvalue weighted by Gasteiger charge is -2.36. The van der Waals surface area contributed by atoms with Crippen LogP contribution in [0.2, 0.25) is 0 Å². The summed E-state index contributed by atoms with van der Waals surface area (Å²) in [6, 6.07) is 0. The number of amides is 2. The van der Waals surface area contributed by atoms with Gasteiger partial charge in [-0.2, -0.15) is 0 Å². The molecule has 1 aromatic rings. The summed E-state index contributed by atoms with van der Waals surface area (Å²) in [5.74, 6) is 0.578. The highest BCUT2D eigenvalue weighted by Gasteiger charge is 2.44. The van der Waals surface area contributed by atoms with Gasteiger partial charge in [-0.1, -0.05) is 5.21 Å². The number of hydrogen-bond donors (Lipinski definition) is 1. The summed E-state index contributed by atoms with van der Waals surface area (Å²) in [5, 5.41) is 10.7. The molecule has 0 aliphatic carbocycles. The summed E-state index contributed by atoms with van der Waals surface area (Å²) in [7, 11) is 1.72. The standard InChI is InChI=1S/C17H27N5O3/c1-17(2)13(9-18-15(23)8-12-5-7-25-11-12)4-6-22(17)16(24)14-10-19-20-21(14)3/h10,12-13H,4-9,11H2,1-3H3,(H,18,23). The van der Waals surface area contributed by atoms with E-state index in [0.29, 0.717) is 37.7 Å². The van der Waals surface area contributed by atoms with E-state index in [-0.39, 0.29) is 23.3 Å². The van der Waals surface area contributed by atoms with Crippen LogP contribution in [-0.4, -0.2) is 63.6 Å². The molecule has 2 aliphatic rings. The highest BCUT2D eigenvalue weighted by atomic mass is 16.5. The first-order valence-electron chi connectivity index (χ1n) is 8.90. The molecular formula is C17H27N5O3. The van der Waals surface area contributed by atoms with Gasteiger partial charge < -0.3 is 15.0 Å². The van der Waals surface area contributed by atoms with Gasteiger partial charge in [-0.15, -0.1) is 5.10 Å². The molecule has 0 saturated carbocycles. The van der Waals surface area contributed by atoms with Crippen molar-refractivity contribution in [3.05, 3.63) is 11.9 Å². The molecule has 2 aliphatic heterocycles. The lowest BCUT2D eigenvalue weighted by Crippen LogP contribution is -2.49. The van der Waals surface area contributed by atoms with Crippen molar-refractivity contribution in [1.82, 2.24) is 25.2 Å². The van der Waals surface area contributed by atoms with Crippen LogP contribution in [0.3, 0.4) is 0 Å². The summed E-state index contributed by atoms with van der Waals surface area (Å²) < 4.78 is 6.82. The second-order valence-electron chi connectivity index (χ2n) is 7.58. The fraction of sp³-hybridized carbons (Fsp3) is 0.765. The quantitative estimate of drug-likeness (QED) is 0.841. The third-order valence-electron chi connectivity index (χ3n) is 5.62. The number of nitrogens with one attached hydrogen (secondary N) is 1. The van der Waals surface area contributed by atoms with Crippen LogP contribution < -0.4 is 5.32 Å². The Kier molecular flexibility index (Phi) is 5.08.